The van der Waals surface area contributed by atoms with E-state index in [1.54, 1.807) is 36.7 Å². The van der Waals surface area contributed by atoms with Gasteiger partial charge >= 0.3 is 0 Å². The minimum absolute atomic E-state index is 0.114. The number of rotatable bonds is 3. The maximum Gasteiger partial charge on any atom is 0.232 e. The van der Waals surface area contributed by atoms with Gasteiger partial charge in [-0.2, -0.15) is 0 Å². The Balaban J connectivity index is 1.93. The number of aromatic nitrogens is 2. The van der Waals surface area contributed by atoms with Gasteiger partial charge in [0.2, 0.25) is 5.91 Å². The molecule has 0 spiro atoms. The second-order valence-electron chi connectivity index (χ2n) is 4.79. The van der Waals surface area contributed by atoms with Crippen LogP contribution in [0, 0.1) is 0 Å². The van der Waals surface area contributed by atoms with Gasteiger partial charge in [-0.25, -0.2) is 9.97 Å². The van der Waals surface area contributed by atoms with Gasteiger partial charge in [-0.1, -0.05) is 11.8 Å². The molecule has 0 saturated carbocycles. The molecule has 0 saturated heterocycles. The van der Waals surface area contributed by atoms with Crippen LogP contribution in [0.2, 0.25) is 0 Å². The first-order valence-electron chi connectivity index (χ1n) is 6.25. The molecule has 100 valence electrons. The van der Waals surface area contributed by atoms with E-state index in [2.05, 4.69) is 9.97 Å². The minimum atomic E-state index is 0.114. The third kappa shape index (κ3) is 2.34. The van der Waals surface area contributed by atoms with Gasteiger partial charge in [-0.15, -0.1) is 11.3 Å². The molecule has 0 aliphatic heterocycles. The molecule has 0 atom stereocenters. The van der Waals surface area contributed by atoms with Crippen molar-refractivity contribution in [2.75, 3.05) is 19.8 Å². The third-order valence-electron chi connectivity index (χ3n) is 3.30. The summed E-state index contributed by atoms with van der Waals surface area (Å²) >= 11 is 3.30. The van der Waals surface area contributed by atoms with Gasteiger partial charge in [0.05, 0.1) is 5.75 Å². The first kappa shape index (κ1) is 12.9. The molecule has 1 aliphatic carbocycles. The molecule has 0 fully saturated rings. The van der Waals surface area contributed by atoms with Crippen molar-refractivity contribution in [2.45, 2.75) is 24.3 Å². The van der Waals surface area contributed by atoms with Crippen LogP contribution in [0.3, 0.4) is 0 Å². The van der Waals surface area contributed by atoms with E-state index in [0.29, 0.717) is 5.75 Å². The summed E-state index contributed by atoms with van der Waals surface area (Å²) in [5.41, 5.74) is 1.42. The van der Waals surface area contributed by atoms with Crippen molar-refractivity contribution in [3.05, 3.63) is 16.8 Å². The Morgan fingerprint density at radius 1 is 1.42 bits per heavy atom. The van der Waals surface area contributed by atoms with Crippen LogP contribution in [0.15, 0.2) is 11.4 Å². The normalized spacial score (nSPS) is 13.8. The lowest BCUT2D eigenvalue weighted by molar-refractivity contribution is -0.125. The number of amides is 1. The first-order valence-corrected chi connectivity index (χ1v) is 8.05. The van der Waals surface area contributed by atoms with Crippen molar-refractivity contribution in [1.82, 2.24) is 14.9 Å². The maximum atomic E-state index is 11.7. The molecule has 4 nitrogen and oxygen atoms in total. The van der Waals surface area contributed by atoms with E-state index < -0.39 is 0 Å². The second kappa shape index (κ2) is 5.09. The highest BCUT2D eigenvalue weighted by Crippen LogP contribution is 2.39. The van der Waals surface area contributed by atoms with Crippen LogP contribution in [-0.4, -0.2) is 40.6 Å². The molecule has 19 heavy (non-hydrogen) atoms. The summed E-state index contributed by atoms with van der Waals surface area (Å²) in [5.74, 6) is 0.549. The van der Waals surface area contributed by atoms with Crippen molar-refractivity contribution in [3.63, 3.8) is 0 Å². The van der Waals surface area contributed by atoms with Gasteiger partial charge in [0, 0.05) is 24.4 Å². The highest BCUT2D eigenvalue weighted by Gasteiger charge is 2.21. The SMILES string of the molecule is CN(C)C(=O)CSc1ncnc2sc3c(c12)CCC3. The molecule has 1 aliphatic rings. The third-order valence-corrected chi connectivity index (χ3v) is 5.47. The highest BCUT2D eigenvalue weighted by atomic mass is 32.2. The number of fused-ring (bicyclic) bond motifs is 3. The average Bonchev–Trinajstić information content (AvgIpc) is 2.95. The number of carbonyl (C=O) groups excluding carboxylic acids is 1. The molecule has 3 rings (SSSR count). The molecule has 0 unspecified atom stereocenters. The summed E-state index contributed by atoms with van der Waals surface area (Å²) in [6, 6.07) is 0. The van der Waals surface area contributed by atoms with E-state index >= 15 is 0 Å². The van der Waals surface area contributed by atoms with Crippen LogP contribution in [0.5, 0.6) is 0 Å². The Morgan fingerprint density at radius 2 is 2.26 bits per heavy atom. The van der Waals surface area contributed by atoms with E-state index in [9.17, 15) is 4.79 Å². The number of aryl methyl sites for hydroxylation is 2. The van der Waals surface area contributed by atoms with Crippen LogP contribution >= 0.6 is 23.1 Å². The number of thiophene rings is 1. The van der Waals surface area contributed by atoms with Gasteiger partial charge in [-0.3, -0.25) is 4.79 Å². The lowest BCUT2D eigenvalue weighted by Gasteiger charge is -2.09. The van der Waals surface area contributed by atoms with Crippen LogP contribution < -0.4 is 0 Å². The van der Waals surface area contributed by atoms with Gasteiger partial charge in [-0.05, 0) is 24.8 Å². The molecule has 2 aromatic rings. The second-order valence-corrected chi connectivity index (χ2v) is 6.84. The Morgan fingerprint density at radius 3 is 3.05 bits per heavy atom. The molecule has 0 aromatic carbocycles. The maximum absolute atomic E-state index is 11.7. The van der Waals surface area contributed by atoms with E-state index in [0.717, 1.165) is 22.7 Å². The monoisotopic (exact) mass is 293 g/mol. The smallest absolute Gasteiger partial charge is 0.232 e. The van der Waals surface area contributed by atoms with E-state index in [1.165, 1.54) is 34.0 Å². The van der Waals surface area contributed by atoms with E-state index in [-0.39, 0.29) is 5.91 Å². The zero-order valence-electron chi connectivity index (χ0n) is 11.0. The molecule has 2 aromatic heterocycles. The van der Waals surface area contributed by atoms with Crippen LogP contribution in [0.1, 0.15) is 16.9 Å². The standard InChI is InChI=1S/C13H15N3OS2/c1-16(2)10(17)6-18-12-11-8-4-3-5-9(8)19-13(11)15-7-14-12/h7H,3-6H2,1-2H3. The number of hydrogen-bond donors (Lipinski definition) is 0. The first-order chi connectivity index (χ1) is 9.16. The number of hydrogen-bond acceptors (Lipinski definition) is 5. The predicted octanol–water partition coefficient (Wildman–Crippen LogP) is 2.36. The molecule has 0 radical (unpaired) electrons. The Bertz CT molecular complexity index is 636. The average molecular weight is 293 g/mol. The summed E-state index contributed by atoms with van der Waals surface area (Å²) < 4.78 is 0. The Hall–Kier alpha value is -1.14. The van der Waals surface area contributed by atoms with Crippen molar-refractivity contribution < 1.29 is 4.79 Å². The minimum Gasteiger partial charge on any atom is -0.348 e. The largest absolute Gasteiger partial charge is 0.348 e. The zero-order valence-corrected chi connectivity index (χ0v) is 12.6. The number of thioether (sulfide) groups is 1. The topological polar surface area (TPSA) is 46.1 Å². The molecule has 0 N–H and O–H groups in total. The quantitative estimate of drug-likeness (QED) is 0.644. The zero-order chi connectivity index (χ0) is 13.4. The molecule has 0 bridgehead atoms. The van der Waals surface area contributed by atoms with Crippen molar-refractivity contribution in [3.8, 4) is 0 Å². The molecular formula is C13H15N3OS2. The fourth-order valence-corrected chi connectivity index (χ4v) is 4.57. The lowest BCUT2D eigenvalue weighted by atomic mass is 10.2. The van der Waals surface area contributed by atoms with E-state index in [4.69, 9.17) is 0 Å². The van der Waals surface area contributed by atoms with Crippen molar-refractivity contribution in [1.29, 1.82) is 0 Å². The number of carbonyl (C=O) groups is 1. The summed E-state index contributed by atoms with van der Waals surface area (Å²) in [6.07, 6.45) is 5.12. The van der Waals surface area contributed by atoms with Gasteiger partial charge < -0.3 is 4.90 Å². The van der Waals surface area contributed by atoms with E-state index in [1.807, 2.05) is 0 Å². The fraction of sp³-hybridized carbons (Fsp3) is 0.462. The highest BCUT2D eigenvalue weighted by molar-refractivity contribution is 8.00. The molecule has 1 amide bonds. The summed E-state index contributed by atoms with van der Waals surface area (Å²) in [7, 11) is 3.56. The van der Waals surface area contributed by atoms with Crippen LogP contribution in [0.4, 0.5) is 0 Å². The Labute approximate surface area is 120 Å². The van der Waals surface area contributed by atoms with Gasteiger partial charge in [0.25, 0.3) is 0 Å². The Kier molecular flexibility index (Phi) is 3.45. The lowest BCUT2D eigenvalue weighted by Crippen LogP contribution is -2.23. The number of nitrogens with zero attached hydrogens (tertiary/aromatic N) is 3. The summed E-state index contributed by atoms with van der Waals surface area (Å²) in [4.78, 5) is 24.6. The summed E-state index contributed by atoms with van der Waals surface area (Å²) in [6.45, 7) is 0. The predicted molar refractivity (Wildman–Crippen MR) is 78.9 cm³/mol. The molecule has 2 heterocycles. The summed E-state index contributed by atoms with van der Waals surface area (Å²) in [5, 5.41) is 2.15. The molecule has 6 heteroatoms. The van der Waals surface area contributed by atoms with Gasteiger partial charge in [0.1, 0.15) is 16.2 Å². The van der Waals surface area contributed by atoms with Crippen LogP contribution in [-0.2, 0) is 17.6 Å². The molecular weight excluding hydrogens is 278 g/mol. The fourth-order valence-electron chi connectivity index (χ4n) is 2.27. The van der Waals surface area contributed by atoms with Crippen molar-refractivity contribution >= 4 is 39.2 Å². The van der Waals surface area contributed by atoms with Gasteiger partial charge in [0.15, 0.2) is 0 Å². The van der Waals surface area contributed by atoms with Crippen molar-refractivity contribution in [2.24, 2.45) is 0 Å². The van der Waals surface area contributed by atoms with Crippen LogP contribution in [0.25, 0.3) is 10.2 Å².